The van der Waals surface area contributed by atoms with Crippen LogP contribution >= 0.6 is 11.8 Å². The van der Waals surface area contributed by atoms with E-state index in [4.69, 9.17) is 0 Å². The molecule has 1 saturated heterocycles. The maximum atomic E-state index is 13.8. The van der Waals surface area contributed by atoms with Crippen molar-refractivity contribution in [2.75, 3.05) is 25.1 Å². The largest absolute Gasteiger partial charge is 0.322 e. The third kappa shape index (κ3) is 3.25. The fourth-order valence-corrected chi connectivity index (χ4v) is 2.59. The fraction of sp³-hybridized carbons (Fsp3) is 0.462. The van der Waals surface area contributed by atoms with Crippen LogP contribution in [0.15, 0.2) is 18.2 Å². The van der Waals surface area contributed by atoms with Gasteiger partial charge in [0.2, 0.25) is 5.91 Å². The van der Waals surface area contributed by atoms with Gasteiger partial charge in [-0.1, -0.05) is 0 Å². The molecule has 0 bridgehead atoms. The van der Waals surface area contributed by atoms with Crippen molar-refractivity contribution in [2.24, 2.45) is 0 Å². The third-order valence-corrected chi connectivity index (χ3v) is 3.78. The number of halogens is 2. The van der Waals surface area contributed by atoms with Crippen molar-refractivity contribution in [3.05, 3.63) is 35.4 Å². The standard InChI is InChI=1S/C13H16F2N2OS/c1-19-6-2-5-17-12(18)8-16-13(17)10-4-3-9(14)7-11(10)15/h3-4,7,13,16H,2,5-6,8H2,1H3. The van der Waals surface area contributed by atoms with Crippen molar-refractivity contribution in [3.8, 4) is 0 Å². The Morgan fingerprint density at radius 3 is 2.95 bits per heavy atom. The predicted molar refractivity (Wildman–Crippen MR) is 71.8 cm³/mol. The predicted octanol–water partition coefficient (Wildman–Crippen LogP) is 2.15. The molecule has 1 N–H and O–H groups in total. The summed E-state index contributed by atoms with van der Waals surface area (Å²) in [5.41, 5.74) is 0.316. The fourth-order valence-electron chi connectivity index (χ4n) is 2.17. The highest BCUT2D eigenvalue weighted by Crippen LogP contribution is 2.25. The van der Waals surface area contributed by atoms with E-state index in [-0.39, 0.29) is 12.5 Å². The van der Waals surface area contributed by atoms with E-state index in [1.807, 2.05) is 6.26 Å². The zero-order chi connectivity index (χ0) is 13.8. The van der Waals surface area contributed by atoms with E-state index in [1.165, 1.54) is 12.1 Å². The number of carbonyl (C=O) groups is 1. The molecule has 0 aromatic heterocycles. The van der Waals surface area contributed by atoms with Crippen LogP contribution in [-0.4, -0.2) is 35.9 Å². The second-order valence-corrected chi connectivity index (χ2v) is 5.37. The van der Waals surface area contributed by atoms with Gasteiger partial charge in [0, 0.05) is 18.2 Å². The Kier molecular flexibility index (Phi) is 4.76. The zero-order valence-electron chi connectivity index (χ0n) is 10.7. The van der Waals surface area contributed by atoms with Gasteiger partial charge in [0.15, 0.2) is 0 Å². The van der Waals surface area contributed by atoms with Gasteiger partial charge in [0.05, 0.1) is 6.54 Å². The van der Waals surface area contributed by atoms with Crippen LogP contribution in [0.5, 0.6) is 0 Å². The number of nitrogens with zero attached hydrogens (tertiary/aromatic N) is 1. The van der Waals surface area contributed by atoms with Gasteiger partial charge in [-0.3, -0.25) is 10.1 Å². The highest BCUT2D eigenvalue weighted by Gasteiger charge is 2.32. The van der Waals surface area contributed by atoms with E-state index in [0.717, 1.165) is 18.2 Å². The van der Waals surface area contributed by atoms with Crippen LogP contribution < -0.4 is 5.32 Å². The first-order chi connectivity index (χ1) is 9.13. The molecule has 104 valence electrons. The monoisotopic (exact) mass is 286 g/mol. The van der Waals surface area contributed by atoms with Crippen LogP contribution in [0.4, 0.5) is 8.78 Å². The summed E-state index contributed by atoms with van der Waals surface area (Å²) < 4.78 is 26.7. The maximum absolute atomic E-state index is 13.8. The molecule has 1 aromatic rings. The highest BCUT2D eigenvalue weighted by atomic mass is 32.2. The molecule has 0 aliphatic carbocycles. The number of carbonyl (C=O) groups excluding carboxylic acids is 1. The van der Waals surface area contributed by atoms with Gasteiger partial charge in [-0.25, -0.2) is 8.78 Å². The number of hydrogen-bond donors (Lipinski definition) is 1. The summed E-state index contributed by atoms with van der Waals surface area (Å²) in [6.07, 6.45) is 2.37. The molecular weight excluding hydrogens is 270 g/mol. The van der Waals surface area contributed by atoms with Crippen LogP contribution in [0.25, 0.3) is 0 Å². The van der Waals surface area contributed by atoms with Crippen LogP contribution in [0.3, 0.4) is 0 Å². The zero-order valence-corrected chi connectivity index (χ0v) is 11.5. The number of amides is 1. The molecule has 1 fully saturated rings. The SMILES string of the molecule is CSCCCN1C(=O)CNC1c1ccc(F)cc1F. The summed E-state index contributed by atoms with van der Waals surface area (Å²) in [6, 6.07) is 3.45. The first kappa shape index (κ1) is 14.3. The normalized spacial score (nSPS) is 19.2. The topological polar surface area (TPSA) is 32.3 Å². The third-order valence-electron chi connectivity index (χ3n) is 3.08. The van der Waals surface area contributed by atoms with Gasteiger partial charge in [0.25, 0.3) is 0 Å². The van der Waals surface area contributed by atoms with Crippen molar-refractivity contribution in [1.29, 1.82) is 0 Å². The summed E-state index contributed by atoms with van der Waals surface area (Å²) in [5, 5.41) is 2.97. The Bertz CT molecular complexity index is 470. The molecule has 19 heavy (non-hydrogen) atoms. The van der Waals surface area contributed by atoms with Crippen molar-refractivity contribution >= 4 is 17.7 Å². The minimum absolute atomic E-state index is 0.0465. The van der Waals surface area contributed by atoms with E-state index in [0.29, 0.717) is 12.1 Å². The highest BCUT2D eigenvalue weighted by molar-refractivity contribution is 7.98. The number of hydrogen-bond acceptors (Lipinski definition) is 3. The lowest BCUT2D eigenvalue weighted by Gasteiger charge is -2.24. The van der Waals surface area contributed by atoms with E-state index in [1.54, 1.807) is 16.7 Å². The van der Waals surface area contributed by atoms with Gasteiger partial charge >= 0.3 is 0 Å². The van der Waals surface area contributed by atoms with Gasteiger partial charge in [-0.15, -0.1) is 0 Å². The molecule has 1 heterocycles. The first-order valence-electron chi connectivity index (χ1n) is 6.10. The molecule has 1 aliphatic rings. The summed E-state index contributed by atoms with van der Waals surface area (Å²) in [7, 11) is 0. The molecule has 2 rings (SSSR count). The van der Waals surface area contributed by atoms with E-state index in [9.17, 15) is 13.6 Å². The van der Waals surface area contributed by atoms with E-state index in [2.05, 4.69) is 5.32 Å². The van der Waals surface area contributed by atoms with Crippen LogP contribution in [0, 0.1) is 11.6 Å². The Morgan fingerprint density at radius 2 is 2.26 bits per heavy atom. The Labute approximate surface area is 115 Å². The van der Waals surface area contributed by atoms with Gasteiger partial charge in [-0.05, 0) is 30.6 Å². The van der Waals surface area contributed by atoms with Crippen LogP contribution in [0.1, 0.15) is 18.2 Å². The second kappa shape index (κ2) is 6.34. The number of rotatable bonds is 5. The van der Waals surface area contributed by atoms with E-state index >= 15 is 0 Å². The van der Waals surface area contributed by atoms with Crippen molar-refractivity contribution in [2.45, 2.75) is 12.6 Å². The number of thioether (sulfide) groups is 1. The quantitative estimate of drug-likeness (QED) is 0.842. The number of benzene rings is 1. The molecule has 1 amide bonds. The van der Waals surface area contributed by atoms with Crippen molar-refractivity contribution in [1.82, 2.24) is 10.2 Å². The summed E-state index contributed by atoms with van der Waals surface area (Å²) in [5.74, 6) is -0.334. The number of nitrogens with one attached hydrogen (secondary N) is 1. The Hall–Kier alpha value is -1.14. The van der Waals surface area contributed by atoms with Crippen molar-refractivity contribution < 1.29 is 13.6 Å². The van der Waals surface area contributed by atoms with Crippen molar-refractivity contribution in [3.63, 3.8) is 0 Å². The van der Waals surface area contributed by atoms with E-state index < -0.39 is 17.8 Å². The van der Waals surface area contributed by atoms with Crippen LogP contribution in [-0.2, 0) is 4.79 Å². The van der Waals surface area contributed by atoms with Gasteiger partial charge < -0.3 is 4.90 Å². The molecule has 1 atom stereocenters. The molecule has 1 unspecified atom stereocenters. The van der Waals surface area contributed by atoms with Crippen LogP contribution in [0.2, 0.25) is 0 Å². The lowest BCUT2D eigenvalue weighted by molar-refractivity contribution is -0.128. The average Bonchev–Trinajstić information content (AvgIpc) is 2.72. The lowest BCUT2D eigenvalue weighted by atomic mass is 10.1. The van der Waals surface area contributed by atoms with Gasteiger partial charge in [0.1, 0.15) is 17.8 Å². The summed E-state index contributed by atoms with van der Waals surface area (Å²) >= 11 is 1.71. The lowest BCUT2D eigenvalue weighted by Crippen LogP contribution is -2.32. The summed E-state index contributed by atoms with van der Waals surface area (Å²) in [4.78, 5) is 13.4. The van der Waals surface area contributed by atoms with Gasteiger partial charge in [-0.2, -0.15) is 11.8 Å². The first-order valence-corrected chi connectivity index (χ1v) is 7.49. The molecule has 3 nitrogen and oxygen atoms in total. The second-order valence-electron chi connectivity index (χ2n) is 4.38. The Balaban J connectivity index is 2.15. The average molecular weight is 286 g/mol. The summed E-state index contributed by atoms with van der Waals surface area (Å²) in [6.45, 7) is 0.773. The molecular formula is C13H16F2N2OS. The smallest absolute Gasteiger partial charge is 0.238 e. The molecule has 1 aromatic carbocycles. The molecule has 1 aliphatic heterocycles. The molecule has 0 spiro atoms. The molecule has 0 saturated carbocycles. The minimum atomic E-state index is -0.623. The minimum Gasteiger partial charge on any atom is -0.322 e. The Morgan fingerprint density at radius 1 is 1.47 bits per heavy atom. The maximum Gasteiger partial charge on any atom is 0.238 e. The molecule has 6 heteroatoms. The molecule has 0 radical (unpaired) electrons.